The van der Waals surface area contributed by atoms with Crippen LogP contribution in [0.25, 0.3) is 0 Å². The van der Waals surface area contributed by atoms with Crippen molar-refractivity contribution < 1.29 is 24.1 Å². The van der Waals surface area contributed by atoms with Gasteiger partial charge in [-0.25, -0.2) is 0 Å². The lowest BCUT2D eigenvalue weighted by molar-refractivity contribution is -0.156. The zero-order chi connectivity index (χ0) is 17.3. The summed E-state index contributed by atoms with van der Waals surface area (Å²) in [7, 11) is 0. The third kappa shape index (κ3) is 3.20. The van der Waals surface area contributed by atoms with E-state index in [-0.39, 0.29) is 23.5 Å². The molecule has 2 atom stereocenters. The van der Waals surface area contributed by atoms with Gasteiger partial charge in [-0.15, -0.1) is 0 Å². The summed E-state index contributed by atoms with van der Waals surface area (Å²) >= 11 is 0. The third-order valence-corrected chi connectivity index (χ3v) is 5.82. The number of carbonyl (C=O) groups excluding carboxylic acids is 1. The highest BCUT2D eigenvalue weighted by atomic mass is 16.6. The minimum Gasteiger partial charge on any atom is -0.486 e. The predicted molar refractivity (Wildman–Crippen MR) is 90.8 cm³/mol. The van der Waals surface area contributed by atoms with Crippen molar-refractivity contribution in [1.29, 1.82) is 0 Å². The summed E-state index contributed by atoms with van der Waals surface area (Å²) in [6.45, 7) is 2.47. The van der Waals surface area contributed by atoms with Gasteiger partial charge in [0.15, 0.2) is 11.5 Å². The summed E-state index contributed by atoms with van der Waals surface area (Å²) in [5.74, 6) is 1.56. The Kier molecular flexibility index (Phi) is 4.56. The molecule has 4 rings (SSSR count). The number of hydrogen-bond acceptors (Lipinski definition) is 5. The molecule has 2 heterocycles. The SMILES string of the molecule is O=C(CCc1ccc2c(c1)OCCO2)N[C@@H]1C[C@@H](O)C12CCOCC2. The van der Waals surface area contributed by atoms with Crippen molar-refractivity contribution in [2.24, 2.45) is 5.41 Å². The average Bonchev–Trinajstić information content (AvgIpc) is 2.66. The Bertz CT molecular complexity index is 641. The topological polar surface area (TPSA) is 77.0 Å². The number of hydrogen-bond donors (Lipinski definition) is 2. The largest absolute Gasteiger partial charge is 0.486 e. The molecule has 1 saturated carbocycles. The molecule has 6 heteroatoms. The van der Waals surface area contributed by atoms with Crippen LogP contribution in [0.3, 0.4) is 0 Å². The first-order valence-corrected chi connectivity index (χ1v) is 9.11. The molecule has 0 radical (unpaired) electrons. The zero-order valence-corrected chi connectivity index (χ0v) is 14.3. The van der Waals surface area contributed by atoms with Gasteiger partial charge in [0.05, 0.1) is 6.10 Å². The predicted octanol–water partition coefficient (Wildman–Crippen LogP) is 1.44. The van der Waals surface area contributed by atoms with E-state index in [1.165, 1.54) is 0 Å². The molecular weight excluding hydrogens is 322 g/mol. The zero-order valence-electron chi connectivity index (χ0n) is 14.3. The minimum absolute atomic E-state index is 0.0395. The summed E-state index contributed by atoms with van der Waals surface area (Å²) in [6, 6.07) is 5.91. The smallest absolute Gasteiger partial charge is 0.220 e. The van der Waals surface area contributed by atoms with Gasteiger partial charge in [0.1, 0.15) is 13.2 Å². The minimum atomic E-state index is -0.320. The molecule has 2 aliphatic heterocycles. The maximum absolute atomic E-state index is 12.4. The van der Waals surface area contributed by atoms with Gasteiger partial charge < -0.3 is 24.6 Å². The van der Waals surface area contributed by atoms with Crippen LogP contribution in [0.2, 0.25) is 0 Å². The van der Waals surface area contributed by atoms with Crippen LogP contribution in [0.15, 0.2) is 18.2 Å². The van der Waals surface area contributed by atoms with Crippen LogP contribution in [0, 0.1) is 5.41 Å². The summed E-state index contributed by atoms with van der Waals surface area (Å²) < 4.78 is 16.5. The van der Waals surface area contributed by atoms with E-state index in [9.17, 15) is 9.90 Å². The van der Waals surface area contributed by atoms with E-state index in [4.69, 9.17) is 14.2 Å². The van der Waals surface area contributed by atoms with Crippen molar-refractivity contribution >= 4 is 5.91 Å². The molecule has 0 bridgehead atoms. The quantitative estimate of drug-likeness (QED) is 0.862. The lowest BCUT2D eigenvalue weighted by Gasteiger charge is -2.55. The van der Waals surface area contributed by atoms with Crippen LogP contribution in [0.1, 0.15) is 31.2 Å². The number of rotatable bonds is 4. The number of nitrogens with one attached hydrogen (secondary N) is 1. The molecule has 0 aromatic heterocycles. The number of benzene rings is 1. The molecule has 0 unspecified atom stereocenters. The molecule has 3 aliphatic rings. The Morgan fingerprint density at radius 1 is 1.16 bits per heavy atom. The van der Waals surface area contributed by atoms with Crippen molar-refractivity contribution in [3.63, 3.8) is 0 Å². The monoisotopic (exact) mass is 347 g/mol. The standard InChI is InChI=1S/C19H25NO5/c21-17-12-16(19(17)5-7-23-8-6-19)20-18(22)4-2-13-1-3-14-15(11-13)25-10-9-24-14/h1,3,11,16-17,21H,2,4-10,12H2,(H,20,22)/t16-,17-/m1/s1. The number of aliphatic hydroxyl groups is 1. The van der Waals surface area contributed by atoms with Crippen LogP contribution in [-0.2, 0) is 16.0 Å². The van der Waals surface area contributed by atoms with Gasteiger partial charge in [0, 0.05) is 31.1 Å². The van der Waals surface area contributed by atoms with E-state index in [2.05, 4.69) is 5.32 Å². The summed E-state index contributed by atoms with van der Waals surface area (Å²) in [5.41, 5.74) is 0.888. The molecule has 25 heavy (non-hydrogen) atoms. The van der Waals surface area contributed by atoms with E-state index >= 15 is 0 Å². The Hall–Kier alpha value is -1.79. The first-order valence-electron chi connectivity index (χ1n) is 9.11. The van der Waals surface area contributed by atoms with Gasteiger partial charge in [0.2, 0.25) is 5.91 Å². The van der Waals surface area contributed by atoms with Gasteiger partial charge in [0.25, 0.3) is 0 Å². The fourth-order valence-corrected chi connectivity index (χ4v) is 4.17. The Labute approximate surface area is 147 Å². The third-order valence-electron chi connectivity index (χ3n) is 5.82. The summed E-state index contributed by atoms with van der Waals surface area (Å²) in [6.07, 6.45) is 3.06. The van der Waals surface area contributed by atoms with Gasteiger partial charge in [-0.2, -0.15) is 0 Å². The molecule has 136 valence electrons. The van der Waals surface area contributed by atoms with Gasteiger partial charge in [-0.05, 0) is 43.4 Å². The van der Waals surface area contributed by atoms with Crippen LogP contribution < -0.4 is 14.8 Å². The highest BCUT2D eigenvalue weighted by Gasteiger charge is 2.55. The second-order valence-electron chi connectivity index (χ2n) is 7.20. The maximum atomic E-state index is 12.4. The molecule has 6 nitrogen and oxygen atoms in total. The van der Waals surface area contributed by atoms with Gasteiger partial charge >= 0.3 is 0 Å². The molecule has 1 aromatic rings. The number of aliphatic hydroxyl groups excluding tert-OH is 1. The molecule has 1 aliphatic carbocycles. The highest BCUT2D eigenvalue weighted by molar-refractivity contribution is 5.76. The van der Waals surface area contributed by atoms with E-state index in [1.807, 2.05) is 18.2 Å². The van der Waals surface area contributed by atoms with Crippen molar-refractivity contribution in [2.45, 2.75) is 44.2 Å². The maximum Gasteiger partial charge on any atom is 0.220 e. The van der Waals surface area contributed by atoms with Crippen LogP contribution in [0.5, 0.6) is 11.5 Å². The molecular formula is C19H25NO5. The van der Waals surface area contributed by atoms with E-state index in [0.29, 0.717) is 45.7 Å². The van der Waals surface area contributed by atoms with Crippen molar-refractivity contribution in [3.8, 4) is 11.5 Å². The molecule has 1 saturated heterocycles. The Morgan fingerprint density at radius 2 is 1.92 bits per heavy atom. The van der Waals surface area contributed by atoms with Crippen molar-refractivity contribution in [3.05, 3.63) is 23.8 Å². The van der Waals surface area contributed by atoms with Gasteiger partial charge in [-0.1, -0.05) is 6.07 Å². The normalized spacial score (nSPS) is 26.8. The number of aryl methyl sites for hydroxylation is 1. The van der Waals surface area contributed by atoms with Crippen molar-refractivity contribution in [1.82, 2.24) is 5.32 Å². The second-order valence-corrected chi connectivity index (χ2v) is 7.20. The lowest BCUT2D eigenvalue weighted by Crippen LogP contribution is -2.65. The van der Waals surface area contributed by atoms with E-state index in [1.54, 1.807) is 0 Å². The Balaban J connectivity index is 1.31. The summed E-state index contributed by atoms with van der Waals surface area (Å²) in [5, 5.41) is 13.3. The number of fused-ring (bicyclic) bond motifs is 1. The second kappa shape index (κ2) is 6.84. The van der Waals surface area contributed by atoms with E-state index < -0.39 is 0 Å². The first kappa shape index (κ1) is 16.7. The van der Waals surface area contributed by atoms with Crippen LogP contribution >= 0.6 is 0 Å². The highest BCUT2D eigenvalue weighted by Crippen LogP contribution is 2.48. The number of carbonyl (C=O) groups is 1. The molecule has 1 amide bonds. The molecule has 2 fully saturated rings. The number of amides is 1. The van der Waals surface area contributed by atoms with Gasteiger partial charge in [-0.3, -0.25) is 4.79 Å². The molecule has 1 aromatic carbocycles. The molecule has 1 spiro atoms. The lowest BCUT2D eigenvalue weighted by atomic mass is 9.58. The molecule has 2 N–H and O–H groups in total. The average molecular weight is 347 g/mol. The van der Waals surface area contributed by atoms with Crippen molar-refractivity contribution in [2.75, 3.05) is 26.4 Å². The Morgan fingerprint density at radius 3 is 2.68 bits per heavy atom. The van der Waals surface area contributed by atoms with Crippen LogP contribution in [0.4, 0.5) is 0 Å². The fraction of sp³-hybridized carbons (Fsp3) is 0.632. The number of ether oxygens (including phenoxy) is 3. The summed E-state index contributed by atoms with van der Waals surface area (Å²) in [4.78, 5) is 12.4. The fourth-order valence-electron chi connectivity index (χ4n) is 4.17. The van der Waals surface area contributed by atoms with Crippen LogP contribution in [-0.4, -0.2) is 49.6 Å². The van der Waals surface area contributed by atoms with E-state index in [0.717, 1.165) is 29.9 Å². The first-order chi connectivity index (χ1) is 12.2.